The first-order valence-electron chi connectivity index (χ1n) is 8.26. The Balaban J connectivity index is 1.42. The maximum atomic E-state index is 12.1. The molecule has 1 aliphatic carbocycles. The molecule has 1 amide bonds. The smallest absolute Gasteiger partial charge is 0.246 e. The van der Waals surface area contributed by atoms with Crippen LogP contribution in [0.3, 0.4) is 0 Å². The van der Waals surface area contributed by atoms with E-state index in [1.807, 2.05) is 6.07 Å². The third kappa shape index (κ3) is 3.53. The molecule has 2 atom stereocenters. The SMILES string of the molecule is COc1ccc(COCC(=O)N[C@@H]2C[C@@H](O)C23CCOCC3)cn1. The van der Waals surface area contributed by atoms with Gasteiger partial charge in [0.25, 0.3) is 0 Å². The van der Waals surface area contributed by atoms with E-state index in [1.165, 1.54) is 0 Å². The molecule has 2 N–H and O–H groups in total. The fraction of sp³-hybridized carbons (Fsp3) is 0.647. The lowest BCUT2D eigenvalue weighted by Crippen LogP contribution is -2.66. The highest BCUT2D eigenvalue weighted by molar-refractivity contribution is 5.77. The summed E-state index contributed by atoms with van der Waals surface area (Å²) in [6.45, 7) is 1.59. The molecule has 1 saturated heterocycles. The Morgan fingerprint density at radius 1 is 1.46 bits per heavy atom. The number of hydrogen-bond acceptors (Lipinski definition) is 6. The van der Waals surface area contributed by atoms with Crippen LogP contribution in [-0.2, 0) is 20.9 Å². The van der Waals surface area contributed by atoms with Crippen LogP contribution in [0.25, 0.3) is 0 Å². The van der Waals surface area contributed by atoms with Gasteiger partial charge in [-0.1, -0.05) is 0 Å². The molecule has 2 heterocycles. The van der Waals surface area contributed by atoms with Crippen LogP contribution >= 0.6 is 0 Å². The van der Waals surface area contributed by atoms with Gasteiger partial charge in [-0.3, -0.25) is 4.79 Å². The first-order chi connectivity index (χ1) is 11.6. The minimum absolute atomic E-state index is 0.00873. The molecule has 7 heteroatoms. The Morgan fingerprint density at radius 3 is 2.88 bits per heavy atom. The second kappa shape index (κ2) is 7.46. The summed E-state index contributed by atoms with van der Waals surface area (Å²) >= 11 is 0. The van der Waals surface area contributed by atoms with Gasteiger partial charge in [-0.05, 0) is 30.9 Å². The Kier molecular flexibility index (Phi) is 5.33. The first-order valence-corrected chi connectivity index (χ1v) is 8.26. The van der Waals surface area contributed by atoms with E-state index >= 15 is 0 Å². The van der Waals surface area contributed by atoms with Crippen molar-refractivity contribution in [1.82, 2.24) is 10.3 Å². The van der Waals surface area contributed by atoms with Crippen molar-refractivity contribution in [3.63, 3.8) is 0 Å². The number of nitrogens with one attached hydrogen (secondary N) is 1. The highest BCUT2D eigenvalue weighted by Gasteiger charge is 2.55. The Labute approximate surface area is 141 Å². The number of carbonyl (C=O) groups is 1. The lowest BCUT2D eigenvalue weighted by Gasteiger charge is -2.55. The first kappa shape index (κ1) is 17.1. The molecule has 0 radical (unpaired) electrons. The van der Waals surface area contributed by atoms with E-state index in [4.69, 9.17) is 14.2 Å². The zero-order chi connectivity index (χ0) is 17.0. The standard InChI is InChI=1S/C17H24N2O5/c1-22-16-3-2-12(9-18-16)10-24-11-15(21)19-13-8-14(20)17(13)4-6-23-7-5-17/h2-3,9,13-14,20H,4-8,10-11H2,1H3,(H,19,21)/t13-,14-/m1/s1. The predicted molar refractivity (Wildman–Crippen MR) is 85.5 cm³/mol. The number of carbonyl (C=O) groups excluding carboxylic acids is 1. The second-order valence-corrected chi connectivity index (χ2v) is 6.42. The maximum Gasteiger partial charge on any atom is 0.246 e. The number of pyridine rings is 1. The van der Waals surface area contributed by atoms with Gasteiger partial charge < -0.3 is 24.6 Å². The molecule has 0 unspecified atom stereocenters. The average molecular weight is 336 g/mol. The zero-order valence-electron chi connectivity index (χ0n) is 13.9. The number of amides is 1. The van der Waals surface area contributed by atoms with E-state index < -0.39 is 0 Å². The largest absolute Gasteiger partial charge is 0.481 e. The Hall–Kier alpha value is -1.70. The summed E-state index contributed by atoms with van der Waals surface area (Å²) in [4.78, 5) is 16.2. The van der Waals surface area contributed by atoms with Crippen molar-refractivity contribution in [2.45, 2.75) is 38.0 Å². The normalized spacial score (nSPS) is 25.1. The minimum atomic E-state index is -0.349. The van der Waals surface area contributed by atoms with E-state index in [0.717, 1.165) is 18.4 Å². The van der Waals surface area contributed by atoms with Crippen LogP contribution in [0.1, 0.15) is 24.8 Å². The van der Waals surface area contributed by atoms with Crippen LogP contribution in [-0.4, -0.2) is 55.1 Å². The highest BCUT2D eigenvalue weighted by Crippen LogP contribution is 2.48. The number of methoxy groups -OCH3 is 1. The molecule has 1 aromatic heterocycles. The number of aliphatic hydroxyl groups is 1. The van der Waals surface area contributed by atoms with Crippen molar-refractivity contribution >= 4 is 5.91 Å². The highest BCUT2D eigenvalue weighted by atomic mass is 16.5. The fourth-order valence-corrected chi connectivity index (χ4v) is 3.51. The van der Waals surface area contributed by atoms with Gasteiger partial charge >= 0.3 is 0 Å². The summed E-state index contributed by atoms with van der Waals surface area (Å²) in [6, 6.07) is 3.61. The predicted octanol–water partition coefficient (Wildman–Crippen LogP) is 0.653. The quantitative estimate of drug-likeness (QED) is 0.793. The zero-order valence-corrected chi connectivity index (χ0v) is 13.9. The molecule has 1 spiro atoms. The summed E-state index contributed by atoms with van der Waals surface area (Å²) in [7, 11) is 1.56. The second-order valence-electron chi connectivity index (χ2n) is 6.42. The molecule has 2 fully saturated rings. The van der Waals surface area contributed by atoms with E-state index in [1.54, 1.807) is 19.4 Å². The molecule has 24 heavy (non-hydrogen) atoms. The third-order valence-corrected chi connectivity index (χ3v) is 5.08. The van der Waals surface area contributed by atoms with Crippen molar-refractivity contribution in [3.8, 4) is 5.88 Å². The van der Waals surface area contributed by atoms with E-state index in [2.05, 4.69) is 10.3 Å². The van der Waals surface area contributed by atoms with Gasteiger partial charge in [0.2, 0.25) is 11.8 Å². The molecule has 1 saturated carbocycles. The molecular formula is C17H24N2O5. The van der Waals surface area contributed by atoms with Gasteiger partial charge in [0, 0.05) is 36.9 Å². The molecule has 0 bridgehead atoms. The van der Waals surface area contributed by atoms with Crippen LogP contribution in [0.5, 0.6) is 5.88 Å². The van der Waals surface area contributed by atoms with Gasteiger partial charge in [0.05, 0.1) is 19.8 Å². The molecule has 132 valence electrons. The number of hydrogen-bond donors (Lipinski definition) is 2. The fourth-order valence-electron chi connectivity index (χ4n) is 3.51. The molecule has 1 aromatic rings. The number of ether oxygens (including phenoxy) is 3. The Morgan fingerprint density at radius 2 is 2.25 bits per heavy atom. The minimum Gasteiger partial charge on any atom is -0.481 e. The monoisotopic (exact) mass is 336 g/mol. The van der Waals surface area contributed by atoms with Gasteiger partial charge in [-0.2, -0.15) is 0 Å². The van der Waals surface area contributed by atoms with Crippen molar-refractivity contribution in [2.24, 2.45) is 5.41 Å². The molecule has 1 aliphatic heterocycles. The van der Waals surface area contributed by atoms with Crippen molar-refractivity contribution in [2.75, 3.05) is 26.9 Å². The molecular weight excluding hydrogens is 312 g/mol. The summed E-state index contributed by atoms with van der Waals surface area (Å²) < 4.78 is 15.8. The van der Waals surface area contributed by atoms with Crippen molar-refractivity contribution in [3.05, 3.63) is 23.9 Å². The summed E-state index contributed by atoms with van der Waals surface area (Å²) in [5.41, 5.74) is 0.664. The molecule has 7 nitrogen and oxygen atoms in total. The van der Waals surface area contributed by atoms with Gasteiger partial charge in [0.15, 0.2) is 0 Å². The number of rotatable bonds is 6. The van der Waals surface area contributed by atoms with E-state index in [0.29, 0.717) is 32.1 Å². The molecule has 2 aliphatic rings. The molecule has 0 aromatic carbocycles. The van der Waals surface area contributed by atoms with Gasteiger partial charge in [-0.15, -0.1) is 0 Å². The van der Waals surface area contributed by atoms with E-state index in [9.17, 15) is 9.90 Å². The summed E-state index contributed by atoms with van der Waals surface area (Å²) in [6.07, 6.45) is 3.50. The number of aliphatic hydroxyl groups excluding tert-OH is 1. The van der Waals surface area contributed by atoms with Gasteiger partial charge in [-0.25, -0.2) is 4.98 Å². The third-order valence-electron chi connectivity index (χ3n) is 5.08. The van der Waals surface area contributed by atoms with E-state index in [-0.39, 0.29) is 30.1 Å². The van der Waals surface area contributed by atoms with Gasteiger partial charge in [0.1, 0.15) is 6.61 Å². The summed E-state index contributed by atoms with van der Waals surface area (Å²) in [5.74, 6) is 0.390. The maximum absolute atomic E-state index is 12.1. The van der Waals surface area contributed by atoms with Crippen molar-refractivity contribution < 1.29 is 24.1 Å². The van der Waals surface area contributed by atoms with Crippen LogP contribution in [0.2, 0.25) is 0 Å². The average Bonchev–Trinajstić information content (AvgIpc) is 2.63. The van der Waals surface area contributed by atoms with Crippen LogP contribution < -0.4 is 10.1 Å². The lowest BCUT2D eigenvalue weighted by atomic mass is 9.58. The van der Waals surface area contributed by atoms with Crippen LogP contribution in [0.15, 0.2) is 18.3 Å². The lowest BCUT2D eigenvalue weighted by molar-refractivity contribution is -0.157. The van der Waals surface area contributed by atoms with Crippen molar-refractivity contribution in [1.29, 1.82) is 0 Å². The number of aromatic nitrogens is 1. The number of nitrogens with zero attached hydrogens (tertiary/aromatic N) is 1. The van der Waals surface area contributed by atoms with Crippen LogP contribution in [0.4, 0.5) is 0 Å². The summed E-state index contributed by atoms with van der Waals surface area (Å²) in [5, 5.41) is 13.1. The molecule has 3 rings (SSSR count). The Bertz CT molecular complexity index is 557. The van der Waals surface area contributed by atoms with Crippen LogP contribution in [0, 0.1) is 5.41 Å². The topological polar surface area (TPSA) is 89.9 Å².